The maximum absolute atomic E-state index is 5.98. The third kappa shape index (κ3) is 2.10. The van der Waals surface area contributed by atoms with Crippen molar-refractivity contribution in [3.05, 3.63) is 30.0 Å². The van der Waals surface area contributed by atoms with Crippen molar-refractivity contribution in [3.8, 4) is 5.75 Å². The Morgan fingerprint density at radius 1 is 1.22 bits per heavy atom. The molecule has 1 aromatic heterocycles. The third-order valence-electron chi connectivity index (χ3n) is 3.71. The van der Waals surface area contributed by atoms with Gasteiger partial charge in [-0.25, -0.2) is 0 Å². The van der Waals surface area contributed by atoms with Crippen LogP contribution in [0.2, 0.25) is 0 Å². The Morgan fingerprint density at radius 3 is 2.72 bits per heavy atom. The monoisotopic (exact) mass is 245 g/mol. The largest absolute Gasteiger partial charge is 0.490 e. The summed E-state index contributed by atoms with van der Waals surface area (Å²) in [5, 5.41) is 1.12. The molecule has 1 saturated carbocycles. The predicted octanol–water partition coefficient (Wildman–Crippen LogP) is 3.21. The normalized spacial score (nSPS) is 23.3. The van der Waals surface area contributed by atoms with Crippen LogP contribution in [0, 0.1) is 6.92 Å². The maximum Gasteiger partial charge on any atom is 0.134 e. The highest BCUT2D eigenvalue weighted by molar-refractivity contribution is 5.79. The SMILES string of the molecule is Cc1cc2cc(O[C@H]3C[C@@H](N(C)C)C3)ccc2o1. The van der Waals surface area contributed by atoms with E-state index in [1.54, 1.807) is 0 Å². The minimum Gasteiger partial charge on any atom is -0.490 e. The van der Waals surface area contributed by atoms with Crippen molar-refractivity contribution in [3.63, 3.8) is 0 Å². The summed E-state index contributed by atoms with van der Waals surface area (Å²) in [5.74, 6) is 1.89. The van der Waals surface area contributed by atoms with Crippen molar-refractivity contribution in [2.24, 2.45) is 0 Å². The fraction of sp³-hybridized carbons (Fsp3) is 0.467. The van der Waals surface area contributed by atoms with Gasteiger partial charge in [-0.2, -0.15) is 0 Å². The first-order valence-corrected chi connectivity index (χ1v) is 6.45. The summed E-state index contributed by atoms with van der Waals surface area (Å²) in [6.07, 6.45) is 2.60. The molecule has 96 valence electrons. The lowest BCUT2D eigenvalue weighted by Crippen LogP contribution is -2.46. The number of ether oxygens (including phenoxy) is 1. The van der Waals surface area contributed by atoms with Crippen LogP contribution in [0.4, 0.5) is 0 Å². The van der Waals surface area contributed by atoms with Gasteiger partial charge in [0.15, 0.2) is 0 Å². The van der Waals surface area contributed by atoms with Gasteiger partial charge >= 0.3 is 0 Å². The molecule has 0 N–H and O–H groups in total. The summed E-state index contributed by atoms with van der Waals surface area (Å²) >= 11 is 0. The van der Waals surface area contributed by atoms with Gasteiger partial charge in [-0.1, -0.05) is 0 Å². The molecule has 0 radical (unpaired) electrons. The van der Waals surface area contributed by atoms with E-state index in [1.807, 2.05) is 25.1 Å². The Labute approximate surface area is 107 Å². The second-order valence-electron chi connectivity index (χ2n) is 5.39. The van der Waals surface area contributed by atoms with Gasteiger partial charge in [0.25, 0.3) is 0 Å². The zero-order valence-corrected chi connectivity index (χ0v) is 11.1. The second-order valence-corrected chi connectivity index (χ2v) is 5.39. The molecule has 0 saturated heterocycles. The molecule has 3 heteroatoms. The molecule has 0 bridgehead atoms. The Bertz CT molecular complexity index is 553. The lowest BCUT2D eigenvalue weighted by molar-refractivity contribution is 0.0402. The van der Waals surface area contributed by atoms with Crippen molar-refractivity contribution in [1.82, 2.24) is 4.90 Å². The van der Waals surface area contributed by atoms with Crippen molar-refractivity contribution in [1.29, 1.82) is 0 Å². The highest BCUT2D eigenvalue weighted by atomic mass is 16.5. The van der Waals surface area contributed by atoms with Gasteiger partial charge in [-0.05, 0) is 58.1 Å². The molecular formula is C15H19NO2. The van der Waals surface area contributed by atoms with Crippen molar-refractivity contribution >= 4 is 11.0 Å². The zero-order chi connectivity index (χ0) is 12.7. The standard InChI is InChI=1S/C15H19NO2/c1-10-6-11-7-13(4-5-15(11)17-10)18-14-8-12(9-14)16(2)3/h4-7,12,14H,8-9H2,1-3H3/t12-,14+. The average Bonchev–Trinajstić information content (AvgIpc) is 2.61. The molecule has 0 aliphatic heterocycles. The van der Waals surface area contributed by atoms with Gasteiger partial charge in [0.05, 0.1) is 0 Å². The minimum absolute atomic E-state index is 0.364. The first-order valence-electron chi connectivity index (χ1n) is 6.45. The molecule has 0 unspecified atom stereocenters. The summed E-state index contributed by atoms with van der Waals surface area (Å²) in [7, 11) is 4.25. The molecule has 0 spiro atoms. The molecule has 3 rings (SSSR count). The Morgan fingerprint density at radius 2 is 2.00 bits per heavy atom. The number of hydrogen-bond acceptors (Lipinski definition) is 3. The van der Waals surface area contributed by atoms with Gasteiger partial charge < -0.3 is 14.1 Å². The predicted molar refractivity (Wildman–Crippen MR) is 72.1 cm³/mol. The minimum atomic E-state index is 0.364. The van der Waals surface area contributed by atoms with Crippen LogP contribution >= 0.6 is 0 Å². The summed E-state index contributed by atoms with van der Waals surface area (Å²) in [6.45, 7) is 1.97. The van der Waals surface area contributed by atoms with Crippen LogP contribution in [0.5, 0.6) is 5.75 Å². The summed E-state index contributed by atoms with van der Waals surface area (Å²) in [6, 6.07) is 8.77. The highest BCUT2D eigenvalue weighted by Gasteiger charge is 2.32. The van der Waals surface area contributed by atoms with Crippen molar-refractivity contribution < 1.29 is 9.15 Å². The average molecular weight is 245 g/mol. The van der Waals surface area contributed by atoms with Gasteiger partial charge in [0.2, 0.25) is 0 Å². The van der Waals surface area contributed by atoms with Crippen LogP contribution in [0.25, 0.3) is 11.0 Å². The van der Waals surface area contributed by atoms with Gasteiger partial charge in [0.1, 0.15) is 23.2 Å². The molecule has 1 aromatic carbocycles. The van der Waals surface area contributed by atoms with E-state index in [4.69, 9.17) is 9.15 Å². The first kappa shape index (κ1) is 11.6. The second kappa shape index (κ2) is 4.32. The van der Waals surface area contributed by atoms with Crippen molar-refractivity contribution in [2.75, 3.05) is 14.1 Å². The Balaban J connectivity index is 1.68. The number of nitrogens with zero attached hydrogens (tertiary/aromatic N) is 1. The van der Waals surface area contributed by atoms with E-state index < -0.39 is 0 Å². The smallest absolute Gasteiger partial charge is 0.134 e. The van der Waals surface area contributed by atoms with E-state index in [-0.39, 0.29) is 0 Å². The lowest BCUT2D eigenvalue weighted by atomic mass is 9.88. The molecule has 1 aliphatic rings. The van der Waals surface area contributed by atoms with Gasteiger partial charge in [0, 0.05) is 11.4 Å². The maximum atomic E-state index is 5.98. The molecule has 3 nitrogen and oxygen atoms in total. The third-order valence-corrected chi connectivity index (χ3v) is 3.71. The quantitative estimate of drug-likeness (QED) is 0.830. The summed E-state index contributed by atoms with van der Waals surface area (Å²) in [5.41, 5.74) is 0.930. The van der Waals surface area contributed by atoms with Crippen LogP contribution in [0.15, 0.2) is 28.7 Å². The zero-order valence-electron chi connectivity index (χ0n) is 11.1. The summed E-state index contributed by atoms with van der Waals surface area (Å²) in [4.78, 5) is 2.27. The van der Waals surface area contributed by atoms with Crippen LogP contribution in [0.1, 0.15) is 18.6 Å². The molecule has 1 fully saturated rings. The highest BCUT2D eigenvalue weighted by Crippen LogP contribution is 2.30. The molecule has 0 amide bonds. The molecule has 0 atom stereocenters. The van der Waals surface area contributed by atoms with Crippen LogP contribution in [0.3, 0.4) is 0 Å². The number of furan rings is 1. The number of aryl methyl sites for hydroxylation is 1. The Kier molecular flexibility index (Phi) is 2.78. The number of hydrogen-bond donors (Lipinski definition) is 0. The van der Waals surface area contributed by atoms with E-state index in [2.05, 4.69) is 25.1 Å². The number of fused-ring (bicyclic) bond motifs is 1. The van der Waals surface area contributed by atoms with Gasteiger partial charge in [-0.15, -0.1) is 0 Å². The van der Waals surface area contributed by atoms with E-state index in [0.717, 1.165) is 35.3 Å². The molecule has 1 heterocycles. The van der Waals surface area contributed by atoms with Gasteiger partial charge in [-0.3, -0.25) is 0 Å². The van der Waals surface area contributed by atoms with E-state index in [0.29, 0.717) is 12.1 Å². The summed E-state index contributed by atoms with van der Waals surface area (Å²) < 4.78 is 11.5. The fourth-order valence-electron chi connectivity index (χ4n) is 2.48. The molecule has 2 aromatic rings. The number of rotatable bonds is 3. The van der Waals surface area contributed by atoms with E-state index >= 15 is 0 Å². The number of benzene rings is 1. The molecular weight excluding hydrogens is 226 g/mol. The van der Waals surface area contributed by atoms with Crippen LogP contribution < -0.4 is 4.74 Å². The topological polar surface area (TPSA) is 25.6 Å². The Hall–Kier alpha value is -1.48. The lowest BCUT2D eigenvalue weighted by Gasteiger charge is -2.39. The van der Waals surface area contributed by atoms with Crippen molar-refractivity contribution in [2.45, 2.75) is 31.9 Å². The molecule has 1 aliphatic carbocycles. The van der Waals surface area contributed by atoms with E-state index in [1.165, 1.54) is 0 Å². The van der Waals surface area contributed by atoms with Crippen LogP contribution in [-0.2, 0) is 0 Å². The first-order chi connectivity index (χ1) is 8.61. The van der Waals surface area contributed by atoms with Crippen LogP contribution in [-0.4, -0.2) is 31.1 Å². The van der Waals surface area contributed by atoms with E-state index in [9.17, 15) is 0 Å². The fourth-order valence-corrected chi connectivity index (χ4v) is 2.48. The molecule has 18 heavy (non-hydrogen) atoms.